The van der Waals surface area contributed by atoms with Crippen LogP contribution in [0.1, 0.15) is 49.8 Å². The normalized spacial score (nSPS) is 19.8. The van der Waals surface area contributed by atoms with Gasteiger partial charge in [-0.3, -0.25) is 0 Å². The van der Waals surface area contributed by atoms with Crippen molar-refractivity contribution < 1.29 is 4.42 Å². The summed E-state index contributed by atoms with van der Waals surface area (Å²) in [5.74, 6) is 2.12. The van der Waals surface area contributed by atoms with Crippen LogP contribution in [0.3, 0.4) is 0 Å². The first-order valence-corrected chi connectivity index (χ1v) is 7.43. The van der Waals surface area contributed by atoms with E-state index in [2.05, 4.69) is 15.3 Å². The number of aromatic nitrogens is 2. The molecule has 0 spiro atoms. The molecule has 1 N–H and O–H groups in total. The first-order chi connectivity index (χ1) is 9.42. The fourth-order valence-electron chi connectivity index (χ4n) is 3.48. The number of rotatable bonds is 2. The summed E-state index contributed by atoms with van der Waals surface area (Å²) < 4.78 is 5.85. The van der Waals surface area contributed by atoms with Crippen LogP contribution < -0.4 is 5.32 Å². The molecule has 0 amide bonds. The maximum Gasteiger partial charge on any atom is 0.231 e. The summed E-state index contributed by atoms with van der Waals surface area (Å²) in [6.45, 7) is 0. The number of nitrogens with one attached hydrogen (secondary N) is 1. The lowest BCUT2D eigenvalue weighted by molar-refractivity contribution is 0.462. The average molecular weight is 257 g/mol. The minimum Gasteiger partial charge on any atom is -0.442 e. The average Bonchev–Trinajstić information content (AvgIpc) is 3.00. The summed E-state index contributed by atoms with van der Waals surface area (Å²) in [5, 5.41) is 4.77. The van der Waals surface area contributed by atoms with Crippen LogP contribution in [0, 0.1) is 0 Å². The molecule has 2 aromatic rings. The van der Waals surface area contributed by atoms with E-state index in [0.29, 0.717) is 6.04 Å². The monoisotopic (exact) mass is 257 g/mol. The summed E-state index contributed by atoms with van der Waals surface area (Å²) in [5.41, 5.74) is 2.10. The minimum atomic E-state index is 0.568. The van der Waals surface area contributed by atoms with Gasteiger partial charge in [0.1, 0.15) is 17.9 Å². The molecule has 0 bridgehead atoms. The molecule has 0 radical (unpaired) electrons. The van der Waals surface area contributed by atoms with Gasteiger partial charge in [0.2, 0.25) is 5.71 Å². The molecule has 19 heavy (non-hydrogen) atoms. The van der Waals surface area contributed by atoms with Gasteiger partial charge in [-0.25, -0.2) is 9.97 Å². The third-order valence-electron chi connectivity index (χ3n) is 4.45. The van der Waals surface area contributed by atoms with Gasteiger partial charge in [-0.15, -0.1) is 0 Å². The second-order valence-corrected chi connectivity index (χ2v) is 5.74. The Bertz CT molecular complexity index is 599. The number of hydrogen-bond donors (Lipinski definition) is 1. The number of fused-ring (bicyclic) bond motifs is 3. The lowest BCUT2D eigenvalue weighted by atomic mass is 9.95. The van der Waals surface area contributed by atoms with Gasteiger partial charge in [-0.2, -0.15) is 0 Å². The Labute approximate surface area is 112 Å². The Morgan fingerprint density at radius 1 is 1.05 bits per heavy atom. The van der Waals surface area contributed by atoms with Crippen molar-refractivity contribution in [2.45, 2.75) is 57.4 Å². The van der Waals surface area contributed by atoms with Gasteiger partial charge in [0.15, 0.2) is 0 Å². The van der Waals surface area contributed by atoms with Crippen LogP contribution in [0.5, 0.6) is 0 Å². The molecule has 100 valence electrons. The summed E-state index contributed by atoms with van der Waals surface area (Å²) in [6.07, 6.45) is 11.5. The first-order valence-electron chi connectivity index (χ1n) is 7.43. The van der Waals surface area contributed by atoms with Gasteiger partial charge in [0.05, 0.1) is 5.39 Å². The van der Waals surface area contributed by atoms with Gasteiger partial charge >= 0.3 is 0 Å². The zero-order chi connectivity index (χ0) is 12.7. The Balaban J connectivity index is 1.72. The fraction of sp³-hybridized carbons (Fsp3) is 0.600. The number of aryl methyl sites for hydroxylation is 2. The Morgan fingerprint density at radius 2 is 1.95 bits per heavy atom. The fourth-order valence-corrected chi connectivity index (χ4v) is 3.48. The highest BCUT2D eigenvalue weighted by Gasteiger charge is 2.24. The molecule has 2 aromatic heterocycles. The minimum absolute atomic E-state index is 0.568. The van der Waals surface area contributed by atoms with E-state index in [4.69, 9.17) is 4.42 Å². The molecule has 1 saturated carbocycles. The van der Waals surface area contributed by atoms with Crippen molar-refractivity contribution in [2.75, 3.05) is 5.32 Å². The molecule has 2 aliphatic carbocycles. The van der Waals surface area contributed by atoms with Crippen LogP contribution in [0.4, 0.5) is 5.82 Å². The predicted octanol–water partition coefficient (Wildman–Crippen LogP) is 3.46. The summed E-state index contributed by atoms with van der Waals surface area (Å²) >= 11 is 0. The number of hydrogen-bond acceptors (Lipinski definition) is 4. The molecule has 1 fully saturated rings. The van der Waals surface area contributed by atoms with E-state index in [1.54, 1.807) is 6.33 Å². The third-order valence-corrected chi connectivity index (χ3v) is 4.45. The van der Waals surface area contributed by atoms with Crippen molar-refractivity contribution in [1.29, 1.82) is 0 Å². The number of furan rings is 1. The highest BCUT2D eigenvalue weighted by atomic mass is 16.3. The molecule has 0 unspecified atom stereocenters. The largest absolute Gasteiger partial charge is 0.442 e. The highest BCUT2D eigenvalue weighted by molar-refractivity contribution is 5.90. The van der Waals surface area contributed by atoms with Crippen molar-refractivity contribution >= 4 is 16.9 Å². The van der Waals surface area contributed by atoms with E-state index >= 15 is 0 Å². The Kier molecular flexibility index (Phi) is 2.67. The lowest BCUT2D eigenvalue weighted by Crippen LogP contribution is -2.23. The van der Waals surface area contributed by atoms with E-state index < -0.39 is 0 Å². The second kappa shape index (κ2) is 4.51. The Morgan fingerprint density at radius 3 is 2.84 bits per heavy atom. The summed E-state index contributed by atoms with van der Waals surface area (Å²) in [4.78, 5) is 8.75. The summed E-state index contributed by atoms with van der Waals surface area (Å²) in [7, 11) is 0. The van der Waals surface area contributed by atoms with E-state index in [9.17, 15) is 0 Å². The first kappa shape index (κ1) is 11.3. The summed E-state index contributed by atoms with van der Waals surface area (Å²) in [6, 6.07) is 0.568. The van der Waals surface area contributed by atoms with Crippen molar-refractivity contribution in [3.05, 3.63) is 17.7 Å². The van der Waals surface area contributed by atoms with Crippen molar-refractivity contribution in [3.8, 4) is 0 Å². The van der Waals surface area contributed by atoms with Crippen LogP contribution in [0.25, 0.3) is 11.1 Å². The van der Waals surface area contributed by atoms with Gasteiger partial charge in [-0.1, -0.05) is 19.3 Å². The molecule has 0 aliphatic heterocycles. The molecular weight excluding hydrogens is 238 g/mol. The molecular formula is C15H19N3O. The van der Waals surface area contributed by atoms with E-state index in [1.807, 2.05) is 0 Å². The van der Waals surface area contributed by atoms with E-state index in [-0.39, 0.29) is 0 Å². The SMILES string of the molecule is c1nc(NC2CCCCC2)c2c3c(oc2n1)CCC3. The Hall–Kier alpha value is -1.58. The molecule has 4 nitrogen and oxygen atoms in total. The quantitative estimate of drug-likeness (QED) is 0.895. The van der Waals surface area contributed by atoms with Crippen LogP contribution in [0.2, 0.25) is 0 Å². The van der Waals surface area contributed by atoms with Gasteiger partial charge in [0, 0.05) is 18.0 Å². The molecule has 0 atom stereocenters. The van der Waals surface area contributed by atoms with Crippen LogP contribution in [-0.2, 0) is 12.8 Å². The maximum absolute atomic E-state index is 5.85. The van der Waals surface area contributed by atoms with Crippen LogP contribution in [-0.4, -0.2) is 16.0 Å². The lowest BCUT2D eigenvalue weighted by Gasteiger charge is -2.23. The molecule has 4 heteroatoms. The molecule has 0 aromatic carbocycles. The smallest absolute Gasteiger partial charge is 0.231 e. The topological polar surface area (TPSA) is 51.0 Å². The molecule has 0 saturated heterocycles. The van der Waals surface area contributed by atoms with Crippen LogP contribution in [0.15, 0.2) is 10.7 Å². The number of nitrogens with zero attached hydrogens (tertiary/aromatic N) is 2. The van der Waals surface area contributed by atoms with Crippen molar-refractivity contribution in [2.24, 2.45) is 0 Å². The molecule has 2 heterocycles. The van der Waals surface area contributed by atoms with Gasteiger partial charge < -0.3 is 9.73 Å². The zero-order valence-corrected chi connectivity index (χ0v) is 11.1. The molecule has 4 rings (SSSR count). The highest BCUT2D eigenvalue weighted by Crippen LogP contribution is 2.35. The number of anilines is 1. The van der Waals surface area contributed by atoms with Crippen molar-refractivity contribution in [1.82, 2.24) is 9.97 Å². The second-order valence-electron chi connectivity index (χ2n) is 5.74. The zero-order valence-electron chi connectivity index (χ0n) is 11.1. The van der Waals surface area contributed by atoms with Gasteiger partial charge in [-0.05, 0) is 25.7 Å². The van der Waals surface area contributed by atoms with Gasteiger partial charge in [0.25, 0.3) is 0 Å². The standard InChI is InChI=1S/C15H19N3O/c1-2-5-10(6-3-1)18-14-13-11-7-4-8-12(11)19-15(13)17-9-16-14/h9-10H,1-8H2,(H,16,17,18). The predicted molar refractivity (Wildman–Crippen MR) is 74.3 cm³/mol. The van der Waals surface area contributed by atoms with Crippen LogP contribution >= 0.6 is 0 Å². The van der Waals surface area contributed by atoms with Crippen molar-refractivity contribution in [3.63, 3.8) is 0 Å². The maximum atomic E-state index is 5.85. The van der Waals surface area contributed by atoms with E-state index in [1.165, 1.54) is 44.1 Å². The molecule has 2 aliphatic rings. The van der Waals surface area contributed by atoms with E-state index in [0.717, 1.165) is 35.5 Å². The third kappa shape index (κ3) is 1.90.